The van der Waals surface area contributed by atoms with Gasteiger partial charge in [0.1, 0.15) is 0 Å². The molecule has 0 bridgehead atoms. The molecule has 0 aliphatic carbocycles. The molecule has 1 aromatic carbocycles. The summed E-state index contributed by atoms with van der Waals surface area (Å²) in [6, 6.07) is 8.25. The Morgan fingerprint density at radius 2 is 1.89 bits per heavy atom. The summed E-state index contributed by atoms with van der Waals surface area (Å²) in [5.41, 5.74) is 2.33. The molecular weight excluding hydrogens is 251 g/mol. The zero-order valence-electron chi connectivity index (χ0n) is 10.2. The Balaban J connectivity index is 1.86. The summed E-state index contributed by atoms with van der Waals surface area (Å²) in [4.78, 5) is 12.5. The van der Waals surface area contributed by atoms with Crippen LogP contribution in [0.25, 0.3) is 0 Å². The van der Waals surface area contributed by atoms with Crippen LogP contribution in [-0.4, -0.2) is 19.3 Å². The van der Waals surface area contributed by atoms with Crippen molar-refractivity contribution in [3.8, 4) is 0 Å². The minimum atomic E-state index is -1.50. The van der Waals surface area contributed by atoms with Crippen LogP contribution in [0.15, 0.2) is 24.3 Å². The van der Waals surface area contributed by atoms with Crippen LogP contribution >= 0.6 is 11.9 Å². The highest BCUT2D eigenvalue weighted by atomic mass is 32.2. The number of halogens is 1. The Morgan fingerprint density at radius 3 is 2.50 bits per heavy atom. The quantitative estimate of drug-likeness (QED) is 0.515. The number of piperidine rings is 1. The highest BCUT2D eigenvalue weighted by Gasteiger charge is 2.10. The normalized spacial score (nSPS) is 15.5. The van der Waals surface area contributed by atoms with E-state index in [1.54, 1.807) is 0 Å². The lowest BCUT2D eigenvalue weighted by atomic mass is 10.1. The molecule has 0 saturated carbocycles. The minimum absolute atomic E-state index is 0.579. The van der Waals surface area contributed by atoms with Crippen LogP contribution in [0.3, 0.4) is 0 Å². The zero-order chi connectivity index (χ0) is 12.8. The Bertz CT molecular complexity index is 390. The van der Waals surface area contributed by atoms with Crippen LogP contribution < -0.4 is 9.62 Å². The second-order valence-electron chi connectivity index (χ2n) is 4.38. The molecule has 98 valence electrons. The van der Waals surface area contributed by atoms with Crippen molar-refractivity contribution in [2.24, 2.45) is 0 Å². The average molecular weight is 268 g/mol. The number of carbonyl (C=O) groups is 1. The van der Waals surface area contributed by atoms with Crippen molar-refractivity contribution in [3.05, 3.63) is 29.8 Å². The molecule has 5 heteroatoms. The Labute approximate surface area is 111 Å². The summed E-state index contributed by atoms with van der Waals surface area (Å²) in [7, 11) is 0. The lowest BCUT2D eigenvalue weighted by Gasteiger charge is -2.28. The molecule has 1 aliphatic heterocycles. The van der Waals surface area contributed by atoms with Gasteiger partial charge < -0.3 is 4.90 Å². The van der Waals surface area contributed by atoms with E-state index in [1.165, 1.54) is 24.9 Å². The molecule has 2 rings (SSSR count). The molecule has 1 fully saturated rings. The molecular formula is C13H17FN2OS. The SMILES string of the molecule is O=C(F)NSCc1ccc(N2CCCCC2)cc1. The molecule has 1 heterocycles. The number of hydrogen-bond acceptors (Lipinski definition) is 3. The molecule has 0 aromatic heterocycles. The smallest absolute Gasteiger partial charge is 0.372 e. The first-order valence-corrected chi connectivity index (χ1v) is 7.15. The fraction of sp³-hybridized carbons (Fsp3) is 0.462. The highest BCUT2D eigenvalue weighted by Crippen LogP contribution is 2.21. The van der Waals surface area contributed by atoms with E-state index < -0.39 is 6.16 Å². The highest BCUT2D eigenvalue weighted by molar-refractivity contribution is 7.97. The van der Waals surface area contributed by atoms with E-state index in [2.05, 4.69) is 21.8 Å². The average Bonchev–Trinajstić information content (AvgIpc) is 2.40. The monoisotopic (exact) mass is 268 g/mol. The van der Waals surface area contributed by atoms with Crippen molar-refractivity contribution >= 4 is 23.8 Å². The van der Waals surface area contributed by atoms with Crippen LogP contribution in [-0.2, 0) is 5.75 Å². The van der Waals surface area contributed by atoms with Gasteiger partial charge in [0.15, 0.2) is 0 Å². The summed E-state index contributed by atoms with van der Waals surface area (Å²) < 4.78 is 14.0. The topological polar surface area (TPSA) is 32.3 Å². The molecule has 1 aliphatic rings. The predicted molar refractivity (Wildman–Crippen MR) is 73.4 cm³/mol. The van der Waals surface area contributed by atoms with E-state index in [0.29, 0.717) is 5.75 Å². The lowest BCUT2D eigenvalue weighted by molar-refractivity contribution is 0.228. The maximum atomic E-state index is 11.9. The second-order valence-corrected chi connectivity index (χ2v) is 5.16. The first kappa shape index (κ1) is 13.2. The summed E-state index contributed by atoms with van der Waals surface area (Å²) in [5.74, 6) is 0.579. The van der Waals surface area contributed by atoms with Crippen LogP contribution in [0.5, 0.6) is 0 Å². The van der Waals surface area contributed by atoms with Gasteiger partial charge in [-0.15, -0.1) is 4.39 Å². The van der Waals surface area contributed by atoms with Gasteiger partial charge in [0.25, 0.3) is 0 Å². The van der Waals surface area contributed by atoms with Gasteiger partial charge in [-0.3, -0.25) is 4.72 Å². The Hall–Kier alpha value is -1.23. The summed E-state index contributed by atoms with van der Waals surface area (Å²) in [6.07, 6.45) is 2.36. The van der Waals surface area contributed by atoms with Crippen LogP contribution in [0.2, 0.25) is 0 Å². The minimum Gasteiger partial charge on any atom is -0.372 e. The van der Waals surface area contributed by atoms with Crippen molar-refractivity contribution in [1.82, 2.24) is 4.72 Å². The standard InChI is InChI=1S/C13H17FN2OS/c14-13(17)15-18-10-11-4-6-12(7-5-11)16-8-2-1-3-9-16/h4-7H,1-3,8-10H2,(H,15,17). The number of carbonyl (C=O) groups excluding carboxylic acids is 1. The van der Waals surface area contributed by atoms with Gasteiger partial charge in [0.05, 0.1) is 0 Å². The van der Waals surface area contributed by atoms with E-state index in [1.807, 2.05) is 12.1 Å². The Kier molecular flexibility index (Phi) is 4.87. The first-order chi connectivity index (χ1) is 8.75. The molecule has 0 unspecified atom stereocenters. The van der Waals surface area contributed by atoms with Crippen molar-refractivity contribution in [3.63, 3.8) is 0 Å². The number of hydrogen-bond donors (Lipinski definition) is 1. The van der Waals surface area contributed by atoms with E-state index in [-0.39, 0.29) is 0 Å². The first-order valence-electron chi connectivity index (χ1n) is 6.17. The van der Waals surface area contributed by atoms with Crippen molar-refractivity contribution in [2.45, 2.75) is 25.0 Å². The van der Waals surface area contributed by atoms with Crippen LogP contribution in [0.1, 0.15) is 24.8 Å². The zero-order valence-corrected chi connectivity index (χ0v) is 11.0. The molecule has 1 amide bonds. The van der Waals surface area contributed by atoms with Gasteiger partial charge in [-0.1, -0.05) is 12.1 Å². The number of nitrogens with zero attached hydrogens (tertiary/aromatic N) is 1. The number of rotatable bonds is 4. The fourth-order valence-electron chi connectivity index (χ4n) is 2.13. The van der Waals surface area contributed by atoms with E-state index in [0.717, 1.165) is 30.6 Å². The van der Waals surface area contributed by atoms with Gasteiger partial charge in [-0.2, -0.15) is 0 Å². The number of benzene rings is 1. The molecule has 3 nitrogen and oxygen atoms in total. The van der Waals surface area contributed by atoms with Gasteiger partial charge in [-0.25, -0.2) is 4.79 Å². The third kappa shape index (κ3) is 3.91. The predicted octanol–water partition coefficient (Wildman–Crippen LogP) is 3.50. The second kappa shape index (κ2) is 6.64. The van der Waals surface area contributed by atoms with E-state index in [4.69, 9.17) is 0 Å². The molecule has 1 N–H and O–H groups in total. The summed E-state index contributed by atoms with van der Waals surface area (Å²) >= 11 is 1.07. The summed E-state index contributed by atoms with van der Waals surface area (Å²) in [5, 5.41) is 0. The molecule has 18 heavy (non-hydrogen) atoms. The molecule has 0 radical (unpaired) electrons. The number of anilines is 1. The number of amides is 1. The third-order valence-corrected chi connectivity index (χ3v) is 3.83. The van der Waals surface area contributed by atoms with Crippen LogP contribution in [0.4, 0.5) is 14.9 Å². The van der Waals surface area contributed by atoms with Gasteiger partial charge in [0, 0.05) is 24.5 Å². The van der Waals surface area contributed by atoms with Crippen molar-refractivity contribution < 1.29 is 9.18 Å². The van der Waals surface area contributed by atoms with Gasteiger partial charge >= 0.3 is 6.16 Å². The fourth-order valence-corrected chi connectivity index (χ4v) is 2.68. The lowest BCUT2D eigenvalue weighted by Crippen LogP contribution is -2.29. The van der Waals surface area contributed by atoms with Gasteiger partial charge in [0.2, 0.25) is 0 Å². The van der Waals surface area contributed by atoms with E-state index in [9.17, 15) is 9.18 Å². The van der Waals surface area contributed by atoms with E-state index >= 15 is 0 Å². The molecule has 0 spiro atoms. The molecule has 1 saturated heterocycles. The van der Waals surface area contributed by atoms with Crippen molar-refractivity contribution in [2.75, 3.05) is 18.0 Å². The number of nitrogens with one attached hydrogen (secondary N) is 1. The molecule has 1 aromatic rings. The largest absolute Gasteiger partial charge is 0.407 e. The molecule has 0 atom stereocenters. The van der Waals surface area contributed by atoms with Crippen molar-refractivity contribution in [1.29, 1.82) is 0 Å². The third-order valence-electron chi connectivity index (χ3n) is 3.05. The maximum absolute atomic E-state index is 11.9. The maximum Gasteiger partial charge on any atom is 0.407 e. The Morgan fingerprint density at radius 1 is 1.22 bits per heavy atom. The van der Waals surface area contributed by atoms with Gasteiger partial charge in [-0.05, 0) is 48.9 Å². The van der Waals surface area contributed by atoms with Crippen LogP contribution in [0, 0.1) is 0 Å². The summed E-state index contributed by atoms with van der Waals surface area (Å²) in [6.45, 7) is 2.26.